The van der Waals surface area contributed by atoms with Gasteiger partial charge in [0.25, 0.3) is 0 Å². The van der Waals surface area contributed by atoms with Crippen LogP contribution in [0.25, 0.3) is 0 Å². The quantitative estimate of drug-likeness (QED) is 0.411. The number of aliphatic carboxylic acids is 3. The van der Waals surface area contributed by atoms with Gasteiger partial charge < -0.3 is 24.8 Å². The third-order valence-electron chi connectivity index (χ3n) is 6.10. The van der Waals surface area contributed by atoms with Gasteiger partial charge in [0, 0.05) is 63.4 Å². The molecule has 0 saturated carbocycles. The lowest BCUT2D eigenvalue weighted by molar-refractivity contribution is -0.193. The van der Waals surface area contributed by atoms with Gasteiger partial charge in [0.1, 0.15) is 5.82 Å². The minimum atomic E-state index is -5.08. The first-order valence-corrected chi connectivity index (χ1v) is 12.3. The summed E-state index contributed by atoms with van der Waals surface area (Å²) in [5.41, 5.74) is 1.15. The summed E-state index contributed by atoms with van der Waals surface area (Å²) < 4.78 is 97.3. The van der Waals surface area contributed by atoms with Crippen LogP contribution in [0, 0.1) is 0 Å². The maximum atomic E-state index is 12.5. The molecule has 45 heavy (non-hydrogen) atoms. The second-order valence-corrected chi connectivity index (χ2v) is 9.17. The molecule has 2 aliphatic rings. The zero-order valence-corrected chi connectivity index (χ0v) is 23.0. The van der Waals surface area contributed by atoms with Gasteiger partial charge in [-0.3, -0.25) is 14.7 Å². The number of fused-ring (bicyclic) bond motifs is 1. The topological polar surface area (TPSA) is 166 Å². The first kappa shape index (κ1) is 38.6. The number of rotatable bonds is 4. The van der Waals surface area contributed by atoms with Crippen molar-refractivity contribution in [3.8, 4) is 0 Å². The van der Waals surface area contributed by atoms with Crippen molar-refractivity contribution in [1.29, 1.82) is 0 Å². The van der Waals surface area contributed by atoms with Gasteiger partial charge >= 0.3 is 36.4 Å². The Morgan fingerprint density at radius 3 is 1.67 bits per heavy atom. The van der Waals surface area contributed by atoms with Gasteiger partial charge in [-0.25, -0.2) is 19.4 Å². The standard InChI is InChI=1S/C18H23N5O.3C2HF3O2/c1-21-11-9-20-17(21)13-22-10-6-16-15(22)2-3-18(24)23(16)12-14-4-7-19-8-5-14;3*3-2(4,5)1(6)7/h4-5,7-9,11,15-16H,2-3,6,10,12-13H2,1H3;3*(H,6,7)/t15-,16-;;;/m0.../s1. The Balaban J connectivity index is 0.000000396. The molecule has 2 aromatic heterocycles. The smallest absolute Gasteiger partial charge is 0.475 e. The average Bonchev–Trinajstić information content (AvgIpc) is 3.52. The Labute approximate surface area is 247 Å². The fourth-order valence-corrected chi connectivity index (χ4v) is 4.06. The van der Waals surface area contributed by atoms with Crippen molar-refractivity contribution >= 4 is 23.8 Å². The highest BCUT2D eigenvalue weighted by Gasteiger charge is 2.43. The maximum absolute atomic E-state index is 12.5. The van der Waals surface area contributed by atoms with Crippen molar-refractivity contribution in [3.63, 3.8) is 0 Å². The van der Waals surface area contributed by atoms with Gasteiger partial charge in [-0.15, -0.1) is 0 Å². The summed E-state index contributed by atoms with van der Waals surface area (Å²) in [6.07, 6.45) is -5.17. The molecule has 2 fully saturated rings. The number of halogens is 9. The van der Waals surface area contributed by atoms with Gasteiger partial charge in [0.05, 0.1) is 6.54 Å². The second-order valence-electron chi connectivity index (χ2n) is 9.17. The molecule has 0 radical (unpaired) electrons. The van der Waals surface area contributed by atoms with Crippen LogP contribution < -0.4 is 0 Å². The average molecular weight is 667 g/mol. The summed E-state index contributed by atoms with van der Waals surface area (Å²) in [5.74, 6) is -6.90. The van der Waals surface area contributed by atoms with Gasteiger partial charge in [-0.2, -0.15) is 39.5 Å². The molecule has 0 aliphatic carbocycles. The zero-order chi connectivity index (χ0) is 34.8. The summed E-state index contributed by atoms with van der Waals surface area (Å²) in [6.45, 7) is 2.59. The first-order chi connectivity index (χ1) is 20.6. The third kappa shape index (κ3) is 13.0. The molecule has 0 bridgehead atoms. The number of imidazole rings is 1. The molecule has 21 heteroatoms. The van der Waals surface area contributed by atoms with E-state index >= 15 is 0 Å². The van der Waals surface area contributed by atoms with Crippen LogP contribution in [-0.2, 0) is 39.3 Å². The number of carbonyl (C=O) groups is 4. The molecule has 0 spiro atoms. The molecule has 252 valence electrons. The number of hydrogen-bond acceptors (Lipinski definition) is 7. The lowest BCUT2D eigenvalue weighted by Crippen LogP contribution is -2.51. The molecule has 3 N–H and O–H groups in total. The van der Waals surface area contributed by atoms with Gasteiger partial charge in [-0.1, -0.05) is 0 Å². The molecule has 4 heterocycles. The van der Waals surface area contributed by atoms with Crippen molar-refractivity contribution in [2.75, 3.05) is 6.54 Å². The van der Waals surface area contributed by atoms with E-state index in [1.54, 1.807) is 12.4 Å². The summed E-state index contributed by atoms with van der Waals surface area (Å²) in [4.78, 5) is 52.3. The van der Waals surface area contributed by atoms with E-state index in [-0.39, 0.29) is 5.91 Å². The highest BCUT2D eigenvalue weighted by Crippen LogP contribution is 2.33. The highest BCUT2D eigenvalue weighted by molar-refractivity contribution is 5.78. The number of pyridine rings is 1. The predicted octanol–water partition coefficient (Wildman–Crippen LogP) is 3.48. The number of aromatic nitrogens is 3. The molecule has 2 aliphatic heterocycles. The van der Waals surface area contributed by atoms with Crippen LogP contribution in [0.15, 0.2) is 36.9 Å². The van der Waals surface area contributed by atoms with Gasteiger partial charge in [0.2, 0.25) is 5.91 Å². The lowest BCUT2D eigenvalue weighted by atomic mass is 9.95. The number of amides is 1. The number of nitrogens with zero attached hydrogens (tertiary/aromatic N) is 5. The molecule has 2 saturated heterocycles. The number of carbonyl (C=O) groups excluding carboxylic acids is 1. The fourth-order valence-electron chi connectivity index (χ4n) is 4.06. The highest BCUT2D eigenvalue weighted by atomic mass is 19.4. The van der Waals surface area contributed by atoms with Crippen molar-refractivity contribution in [1.82, 2.24) is 24.3 Å². The molecule has 4 rings (SSSR count). The Morgan fingerprint density at radius 2 is 1.27 bits per heavy atom. The van der Waals surface area contributed by atoms with Crippen LogP contribution in [0.1, 0.15) is 30.7 Å². The van der Waals surface area contributed by atoms with Crippen LogP contribution in [0.3, 0.4) is 0 Å². The van der Waals surface area contributed by atoms with Gasteiger partial charge in [0.15, 0.2) is 0 Å². The van der Waals surface area contributed by atoms with E-state index in [1.165, 1.54) is 0 Å². The largest absolute Gasteiger partial charge is 0.490 e. The van der Waals surface area contributed by atoms with E-state index < -0.39 is 36.4 Å². The van der Waals surface area contributed by atoms with Crippen LogP contribution in [0.2, 0.25) is 0 Å². The van der Waals surface area contributed by atoms with Crippen molar-refractivity contribution in [2.24, 2.45) is 7.05 Å². The number of piperidine rings is 1. The normalized spacial score (nSPS) is 18.3. The van der Waals surface area contributed by atoms with Crippen molar-refractivity contribution in [2.45, 2.75) is 63.0 Å². The molecule has 0 aromatic carbocycles. The Bertz CT molecular complexity index is 1230. The molecule has 0 unspecified atom stereocenters. The molecule has 2 atom stereocenters. The SMILES string of the molecule is Cn1ccnc1CN1CC[C@H]2[C@@H]1CCC(=O)N2Cc1ccncc1.O=C(O)C(F)(F)F.O=C(O)C(F)(F)F.O=C(O)C(F)(F)F. The minimum absolute atomic E-state index is 0.284. The summed E-state index contributed by atoms with van der Waals surface area (Å²) in [7, 11) is 2.04. The number of likely N-dealkylation sites (tertiary alicyclic amines) is 2. The maximum Gasteiger partial charge on any atom is 0.490 e. The Kier molecular flexibility index (Phi) is 13.8. The number of aryl methyl sites for hydroxylation is 1. The van der Waals surface area contributed by atoms with E-state index in [9.17, 15) is 44.3 Å². The van der Waals surface area contributed by atoms with Crippen LogP contribution in [-0.4, -0.2) is 101 Å². The molecule has 2 aromatic rings. The monoisotopic (exact) mass is 667 g/mol. The number of alkyl halides is 9. The Morgan fingerprint density at radius 1 is 0.800 bits per heavy atom. The van der Waals surface area contributed by atoms with E-state index in [2.05, 4.69) is 24.3 Å². The van der Waals surface area contributed by atoms with E-state index in [1.807, 2.05) is 31.6 Å². The van der Waals surface area contributed by atoms with E-state index in [4.69, 9.17) is 29.7 Å². The van der Waals surface area contributed by atoms with Crippen LogP contribution in [0.5, 0.6) is 0 Å². The first-order valence-electron chi connectivity index (χ1n) is 12.3. The summed E-state index contributed by atoms with van der Waals surface area (Å²) in [6, 6.07) is 4.76. The molecule has 12 nitrogen and oxygen atoms in total. The minimum Gasteiger partial charge on any atom is -0.475 e. The van der Waals surface area contributed by atoms with Crippen molar-refractivity contribution in [3.05, 3.63) is 48.3 Å². The van der Waals surface area contributed by atoms with Gasteiger partial charge in [-0.05, 0) is 30.5 Å². The summed E-state index contributed by atoms with van der Waals surface area (Å²) in [5, 5.41) is 21.4. The third-order valence-corrected chi connectivity index (χ3v) is 6.10. The summed E-state index contributed by atoms with van der Waals surface area (Å²) >= 11 is 0. The van der Waals surface area contributed by atoms with Crippen LogP contribution in [0.4, 0.5) is 39.5 Å². The van der Waals surface area contributed by atoms with E-state index in [0.717, 1.165) is 37.3 Å². The Hall–Kier alpha value is -4.43. The molecule has 1 amide bonds. The zero-order valence-electron chi connectivity index (χ0n) is 23.0. The van der Waals surface area contributed by atoms with Crippen molar-refractivity contribution < 1.29 is 74.0 Å². The van der Waals surface area contributed by atoms with E-state index in [0.29, 0.717) is 25.0 Å². The van der Waals surface area contributed by atoms with Crippen LogP contribution >= 0.6 is 0 Å². The number of carboxylic acid groups (broad SMARTS) is 3. The molecular weight excluding hydrogens is 641 g/mol. The molecular formula is C24H26F9N5O7. The number of hydrogen-bond donors (Lipinski definition) is 3. The second kappa shape index (κ2) is 16.0. The lowest BCUT2D eigenvalue weighted by Gasteiger charge is -2.40. The fraction of sp³-hybridized carbons (Fsp3) is 0.500. The predicted molar refractivity (Wildman–Crippen MR) is 131 cm³/mol. The number of carboxylic acids is 3.